The van der Waals surface area contributed by atoms with Crippen LogP contribution in [0.1, 0.15) is 30.0 Å². The second-order valence-corrected chi connectivity index (χ2v) is 8.80. The number of thiophene rings is 1. The van der Waals surface area contributed by atoms with E-state index in [0.717, 1.165) is 24.9 Å². The molecule has 0 radical (unpaired) electrons. The number of carbonyl (C=O) groups excluding carboxylic acids is 1. The predicted molar refractivity (Wildman–Crippen MR) is 105 cm³/mol. The van der Waals surface area contributed by atoms with Gasteiger partial charge in [-0.1, -0.05) is 13.0 Å². The lowest BCUT2D eigenvalue weighted by atomic mass is 9.61. The summed E-state index contributed by atoms with van der Waals surface area (Å²) < 4.78 is 0. The van der Waals surface area contributed by atoms with Crippen molar-refractivity contribution in [3.05, 3.63) is 51.7 Å². The van der Waals surface area contributed by atoms with E-state index >= 15 is 0 Å². The molecule has 1 saturated heterocycles. The summed E-state index contributed by atoms with van der Waals surface area (Å²) in [5, 5.41) is 14.1. The Labute approximate surface area is 159 Å². The van der Waals surface area contributed by atoms with Crippen LogP contribution < -0.4 is 0 Å². The van der Waals surface area contributed by atoms with Crippen molar-refractivity contribution in [3.63, 3.8) is 0 Å². The monoisotopic (exact) mass is 370 g/mol. The van der Waals surface area contributed by atoms with Gasteiger partial charge in [-0.3, -0.25) is 4.79 Å². The Kier molecular flexibility index (Phi) is 4.32. The van der Waals surface area contributed by atoms with Crippen LogP contribution in [0.4, 0.5) is 0 Å². The number of nitrogens with zero attached hydrogens (tertiary/aromatic N) is 2. The topological polar surface area (TPSA) is 43.8 Å². The molecule has 138 valence electrons. The summed E-state index contributed by atoms with van der Waals surface area (Å²) in [7, 11) is 4.12. The number of amides is 1. The Morgan fingerprint density at radius 3 is 2.96 bits per heavy atom. The van der Waals surface area contributed by atoms with Gasteiger partial charge in [-0.25, -0.2) is 0 Å². The van der Waals surface area contributed by atoms with Crippen molar-refractivity contribution in [2.75, 3.05) is 20.6 Å². The zero-order valence-electron chi connectivity index (χ0n) is 15.6. The van der Waals surface area contributed by atoms with Gasteiger partial charge in [0.05, 0.1) is 12.5 Å². The minimum absolute atomic E-state index is 0.113. The fourth-order valence-corrected chi connectivity index (χ4v) is 5.65. The highest BCUT2D eigenvalue weighted by Crippen LogP contribution is 2.47. The molecule has 2 aliphatic rings. The summed E-state index contributed by atoms with van der Waals surface area (Å²) in [6.45, 7) is 3.28. The average Bonchev–Trinajstić information content (AvgIpc) is 3.11. The Hall–Kier alpha value is -1.85. The second kappa shape index (κ2) is 6.39. The Bertz CT molecular complexity index is 819. The number of likely N-dealkylation sites (tertiary alicyclic amines) is 1. The van der Waals surface area contributed by atoms with Crippen molar-refractivity contribution in [1.29, 1.82) is 0 Å². The molecule has 0 saturated carbocycles. The molecule has 2 aromatic rings. The van der Waals surface area contributed by atoms with Gasteiger partial charge in [0.25, 0.3) is 0 Å². The number of rotatable bonds is 3. The quantitative estimate of drug-likeness (QED) is 0.903. The van der Waals surface area contributed by atoms with E-state index in [9.17, 15) is 9.90 Å². The molecular formula is C21H26N2O2S. The van der Waals surface area contributed by atoms with Crippen LogP contribution in [0, 0.1) is 0 Å². The number of fused-ring (bicyclic) bond motifs is 4. The van der Waals surface area contributed by atoms with Crippen molar-refractivity contribution >= 4 is 17.2 Å². The van der Waals surface area contributed by atoms with E-state index in [2.05, 4.69) is 30.3 Å². The largest absolute Gasteiger partial charge is 0.508 e. The highest BCUT2D eigenvalue weighted by Gasteiger charge is 2.52. The first-order valence-electron chi connectivity index (χ1n) is 9.19. The van der Waals surface area contributed by atoms with Gasteiger partial charge in [-0.05, 0) is 72.1 Å². The van der Waals surface area contributed by atoms with Gasteiger partial charge in [0.2, 0.25) is 5.91 Å². The first kappa shape index (κ1) is 17.6. The molecule has 4 rings (SSSR count). The number of piperidine rings is 1. The van der Waals surface area contributed by atoms with Crippen molar-refractivity contribution in [3.8, 4) is 5.75 Å². The molecule has 1 aliphatic heterocycles. The van der Waals surface area contributed by atoms with E-state index in [1.807, 2.05) is 29.5 Å². The van der Waals surface area contributed by atoms with Crippen molar-refractivity contribution in [1.82, 2.24) is 9.80 Å². The number of aromatic hydroxyl groups is 1. The van der Waals surface area contributed by atoms with Crippen LogP contribution >= 0.6 is 11.3 Å². The zero-order chi connectivity index (χ0) is 18.5. The molecule has 1 aliphatic carbocycles. The number of carbonyl (C=O) groups is 1. The zero-order valence-corrected chi connectivity index (χ0v) is 16.4. The lowest BCUT2D eigenvalue weighted by Gasteiger charge is -2.57. The molecule has 5 heteroatoms. The van der Waals surface area contributed by atoms with Crippen LogP contribution in [0.3, 0.4) is 0 Å². The minimum atomic E-state index is -0.136. The average molecular weight is 371 g/mol. The molecule has 0 spiro atoms. The molecule has 1 amide bonds. The van der Waals surface area contributed by atoms with Gasteiger partial charge in [0.15, 0.2) is 0 Å². The Morgan fingerprint density at radius 1 is 1.42 bits per heavy atom. The molecule has 2 heterocycles. The third-order valence-electron chi connectivity index (χ3n) is 6.45. The Morgan fingerprint density at radius 2 is 2.23 bits per heavy atom. The highest BCUT2D eigenvalue weighted by atomic mass is 32.1. The fourth-order valence-electron chi connectivity index (χ4n) is 4.98. The van der Waals surface area contributed by atoms with Crippen molar-refractivity contribution in [2.45, 2.75) is 43.7 Å². The SMILES string of the molecule is CN1CC[C@@]2(C)c3cc(O)ccc3C[C@@H]1[C@@H]2N(C)C(=O)Cc1ccsc1. The third kappa shape index (κ3) is 2.74. The summed E-state index contributed by atoms with van der Waals surface area (Å²) >= 11 is 1.63. The summed E-state index contributed by atoms with van der Waals surface area (Å²) in [6.07, 6.45) is 2.36. The van der Waals surface area contributed by atoms with Gasteiger partial charge in [0, 0.05) is 18.5 Å². The molecule has 1 aromatic heterocycles. The third-order valence-corrected chi connectivity index (χ3v) is 7.18. The van der Waals surface area contributed by atoms with Gasteiger partial charge < -0.3 is 14.9 Å². The van der Waals surface area contributed by atoms with Gasteiger partial charge in [-0.15, -0.1) is 0 Å². The molecule has 2 bridgehead atoms. The lowest BCUT2D eigenvalue weighted by Crippen LogP contribution is -2.67. The minimum Gasteiger partial charge on any atom is -0.508 e. The first-order chi connectivity index (χ1) is 12.4. The van der Waals surface area contributed by atoms with Crippen LogP contribution in [0.2, 0.25) is 0 Å². The molecule has 0 unspecified atom stereocenters. The second-order valence-electron chi connectivity index (χ2n) is 8.02. The number of phenolic OH excluding ortho intramolecular Hbond substituents is 1. The summed E-state index contributed by atoms with van der Waals surface area (Å²) in [5.74, 6) is 0.483. The fraction of sp³-hybridized carbons (Fsp3) is 0.476. The number of benzene rings is 1. The molecule has 1 fully saturated rings. The molecule has 3 atom stereocenters. The molecular weight excluding hydrogens is 344 g/mol. The maximum Gasteiger partial charge on any atom is 0.227 e. The summed E-state index contributed by atoms with van der Waals surface area (Å²) in [4.78, 5) is 17.4. The van der Waals surface area contributed by atoms with E-state index in [4.69, 9.17) is 0 Å². The van der Waals surface area contributed by atoms with Crippen molar-refractivity contribution in [2.24, 2.45) is 0 Å². The van der Waals surface area contributed by atoms with E-state index < -0.39 is 0 Å². The maximum absolute atomic E-state index is 13.0. The van der Waals surface area contributed by atoms with E-state index in [-0.39, 0.29) is 17.4 Å². The van der Waals surface area contributed by atoms with E-state index in [1.54, 1.807) is 17.4 Å². The van der Waals surface area contributed by atoms with Gasteiger partial charge in [0.1, 0.15) is 5.75 Å². The summed E-state index contributed by atoms with van der Waals surface area (Å²) in [6, 6.07) is 8.20. The van der Waals surface area contributed by atoms with Crippen LogP contribution in [-0.2, 0) is 23.1 Å². The standard InChI is InChI=1S/C21H26N2O2S/c1-21-7-8-22(2)18(11-15-4-5-16(24)12-17(15)21)20(21)23(3)19(25)10-14-6-9-26-13-14/h4-6,9,12-13,18,20,24H,7-8,10-11H2,1-3H3/t18-,20+,21+/m1/s1. The van der Waals surface area contributed by atoms with E-state index in [0.29, 0.717) is 18.2 Å². The van der Waals surface area contributed by atoms with Crippen molar-refractivity contribution < 1.29 is 9.90 Å². The number of likely N-dealkylation sites (N-methyl/N-ethyl adjacent to an activating group) is 2. The van der Waals surface area contributed by atoms with Gasteiger partial charge in [-0.2, -0.15) is 11.3 Å². The van der Waals surface area contributed by atoms with Crippen LogP contribution in [0.25, 0.3) is 0 Å². The van der Waals surface area contributed by atoms with E-state index in [1.165, 1.54) is 11.1 Å². The molecule has 26 heavy (non-hydrogen) atoms. The predicted octanol–water partition coefficient (Wildman–Crippen LogP) is 3.04. The number of hydrogen-bond donors (Lipinski definition) is 1. The van der Waals surface area contributed by atoms with Crippen LogP contribution in [0.5, 0.6) is 5.75 Å². The lowest BCUT2D eigenvalue weighted by molar-refractivity contribution is -0.136. The maximum atomic E-state index is 13.0. The smallest absolute Gasteiger partial charge is 0.227 e. The van der Waals surface area contributed by atoms with Crippen LogP contribution in [-0.4, -0.2) is 53.5 Å². The molecule has 4 nitrogen and oxygen atoms in total. The summed E-state index contributed by atoms with van der Waals surface area (Å²) in [5.41, 5.74) is 3.46. The molecule has 1 N–H and O–H groups in total. The molecule has 1 aromatic carbocycles. The van der Waals surface area contributed by atoms with Gasteiger partial charge >= 0.3 is 0 Å². The normalized spacial score (nSPS) is 27.8. The Balaban J connectivity index is 1.71. The number of hydrogen-bond acceptors (Lipinski definition) is 4. The first-order valence-corrected chi connectivity index (χ1v) is 10.1. The highest BCUT2D eigenvalue weighted by molar-refractivity contribution is 7.08. The van der Waals surface area contributed by atoms with Crippen LogP contribution in [0.15, 0.2) is 35.0 Å². The number of phenols is 1.